The van der Waals surface area contributed by atoms with Crippen molar-refractivity contribution in [3.05, 3.63) is 47.1 Å². The molecule has 0 unspecified atom stereocenters. The van der Waals surface area contributed by atoms with Gasteiger partial charge in [0.15, 0.2) is 5.82 Å². The highest BCUT2D eigenvalue weighted by Gasteiger charge is 2.39. The number of benzene rings is 1. The van der Waals surface area contributed by atoms with Crippen molar-refractivity contribution in [1.29, 1.82) is 0 Å². The topological polar surface area (TPSA) is 51.0 Å². The molecule has 1 aliphatic rings. The molecular formula is C14H15ClF3N3O. The van der Waals surface area contributed by atoms with Crippen molar-refractivity contribution < 1.29 is 17.7 Å². The Balaban J connectivity index is 0.00000176. The Kier molecular flexibility index (Phi) is 4.49. The van der Waals surface area contributed by atoms with Crippen molar-refractivity contribution in [1.82, 2.24) is 15.5 Å². The minimum atomic E-state index is -4.34. The van der Waals surface area contributed by atoms with Crippen LogP contribution in [0, 0.1) is 0 Å². The van der Waals surface area contributed by atoms with Crippen molar-refractivity contribution in [3.8, 4) is 0 Å². The summed E-state index contributed by atoms with van der Waals surface area (Å²) in [7, 11) is 0. The van der Waals surface area contributed by atoms with Crippen molar-refractivity contribution in [2.24, 2.45) is 0 Å². The molecule has 1 aliphatic heterocycles. The van der Waals surface area contributed by atoms with Gasteiger partial charge in [-0.05, 0) is 18.6 Å². The van der Waals surface area contributed by atoms with E-state index >= 15 is 0 Å². The van der Waals surface area contributed by atoms with Crippen LogP contribution in [0.4, 0.5) is 13.2 Å². The van der Waals surface area contributed by atoms with Crippen LogP contribution in [0.2, 0.25) is 0 Å². The van der Waals surface area contributed by atoms with E-state index in [2.05, 4.69) is 15.5 Å². The molecule has 1 fully saturated rings. The average molecular weight is 334 g/mol. The maximum absolute atomic E-state index is 12.7. The van der Waals surface area contributed by atoms with Gasteiger partial charge in [-0.2, -0.15) is 18.2 Å². The predicted molar refractivity (Wildman–Crippen MR) is 76.0 cm³/mol. The Hall–Kier alpha value is -1.60. The molecule has 0 bridgehead atoms. The van der Waals surface area contributed by atoms with Crippen LogP contribution in [0.25, 0.3) is 0 Å². The summed E-state index contributed by atoms with van der Waals surface area (Å²) in [5.74, 6) is 0.931. The van der Waals surface area contributed by atoms with E-state index in [1.165, 1.54) is 6.07 Å². The fourth-order valence-electron chi connectivity index (χ4n) is 2.26. The molecule has 1 saturated heterocycles. The lowest BCUT2D eigenvalue weighted by molar-refractivity contribution is -0.137. The second-order valence-electron chi connectivity index (χ2n) is 5.55. The number of hydrogen-bond acceptors (Lipinski definition) is 4. The number of halogens is 4. The van der Waals surface area contributed by atoms with Gasteiger partial charge < -0.3 is 9.84 Å². The van der Waals surface area contributed by atoms with Crippen molar-refractivity contribution >= 4 is 12.4 Å². The number of hydrogen-bond donors (Lipinski definition) is 1. The second-order valence-corrected chi connectivity index (χ2v) is 5.55. The minimum Gasteiger partial charge on any atom is -0.339 e. The van der Waals surface area contributed by atoms with E-state index in [-0.39, 0.29) is 24.2 Å². The van der Waals surface area contributed by atoms with E-state index in [0.717, 1.165) is 25.2 Å². The maximum atomic E-state index is 12.7. The molecule has 1 N–H and O–H groups in total. The molecule has 2 heterocycles. The minimum absolute atomic E-state index is 0. The average Bonchev–Trinajstić information content (AvgIpc) is 2.84. The van der Waals surface area contributed by atoms with Crippen molar-refractivity contribution in [3.63, 3.8) is 0 Å². The fourth-order valence-corrected chi connectivity index (χ4v) is 2.26. The molecule has 1 aromatic heterocycles. The third-order valence-corrected chi connectivity index (χ3v) is 3.63. The van der Waals surface area contributed by atoms with Gasteiger partial charge in [-0.3, -0.25) is 0 Å². The second kappa shape index (κ2) is 5.89. The summed E-state index contributed by atoms with van der Waals surface area (Å²) < 4.78 is 43.2. The summed E-state index contributed by atoms with van der Waals surface area (Å²) in [6, 6.07) is 5.17. The predicted octanol–water partition coefficient (Wildman–Crippen LogP) is 2.96. The summed E-state index contributed by atoms with van der Waals surface area (Å²) >= 11 is 0. The smallest absolute Gasteiger partial charge is 0.339 e. The molecule has 1 aromatic carbocycles. The first-order valence-corrected chi connectivity index (χ1v) is 6.57. The van der Waals surface area contributed by atoms with Crippen molar-refractivity contribution in [2.75, 3.05) is 13.1 Å². The summed E-state index contributed by atoms with van der Waals surface area (Å²) in [6.45, 7) is 3.53. The SMILES string of the molecule is CC1(c2nc(Cc3cccc(C(F)(F)F)c3)no2)CNC1.Cl. The number of alkyl halides is 3. The highest BCUT2D eigenvalue weighted by atomic mass is 35.5. The first-order chi connectivity index (χ1) is 9.87. The van der Waals surface area contributed by atoms with Crippen molar-refractivity contribution in [2.45, 2.75) is 24.9 Å². The molecule has 0 atom stereocenters. The number of aromatic nitrogens is 2. The Morgan fingerprint density at radius 2 is 2.05 bits per heavy atom. The number of nitrogens with zero attached hydrogens (tertiary/aromatic N) is 2. The molecule has 0 amide bonds. The van der Waals surface area contributed by atoms with Crippen LogP contribution < -0.4 is 5.32 Å². The van der Waals surface area contributed by atoms with Gasteiger partial charge in [0.25, 0.3) is 0 Å². The lowest BCUT2D eigenvalue weighted by Gasteiger charge is -2.35. The van der Waals surface area contributed by atoms with Gasteiger partial charge in [-0.25, -0.2) is 0 Å². The molecular weight excluding hydrogens is 319 g/mol. The van der Waals surface area contributed by atoms with Crippen LogP contribution in [0.1, 0.15) is 29.8 Å². The number of rotatable bonds is 3. The zero-order chi connectivity index (χ0) is 15.1. The Labute approximate surface area is 131 Å². The zero-order valence-electron chi connectivity index (χ0n) is 11.8. The van der Waals surface area contributed by atoms with Gasteiger partial charge >= 0.3 is 6.18 Å². The van der Waals surface area contributed by atoms with Gasteiger partial charge in [0.05, 0.1) is 11.0 Å². The monoisotopic (exact) mass is 333 g/mol. The standard InChI is InChI=1S/C14H14F3N3O.ClH/c1-13(7-18-8-13)12-19-11(20-21-12)6-9-3-2-4-10(5-9)14(15,16)17;/h2-5,18H,6-8H2,1H3;1H. The normalized spacial score (nSPS) is 16.7. The fraction of sp³-hybridized carbons (Fsp3) is 0.429. The largest absolute Gasteiger partial charge is 0.416 e. The van der Waals surface area contributed by atoms with Gasteiger partial charge in [-0.15, -0.1) is 12.4 Å². The van der Waals surface area contributed by atoms with Crippen LogP contribution in [-0.2, 0) is 18.0 Å². The van der Waals surface area contributed by atoms with E-state index in [1.807, 2.05) is 6.92 Å². The molecule has 4 nitrogen and oxygen atoms in total. The maximum Gasteiger partial charge on any atom is 0.416 e. The van der Waals surface area contributed by atoms with Crippen LogP contribution in [0.15, 0.2) is 28.8 Å². The third-order valence-electron chi connectivity index (χ3n) is 3.63. The Morgan fingerprint density at radius 3 is 2.64 bits per heavy atom. The molecule has 22 heavy (non-hydrogen) atoms. The highest BCUT2D eigenvalue weighted by Crippen LogP contribution is 2.30. The van der Waals surface area contributed by atoms with Gasteiger partial charge in [0.2, 0.25) is 5.89 Å². The first-order valence-electron chi connectivity index (χ1n) is 6.57. The molecule has 8 heteroatoms. The Bertz CT molecular complexity index is 653. The van der Waals surface area contributed by atoms with Crippen LogP contribution >= 0.6 is 12.4 Å². The van der Waals surface area contributed by atoms with Crippen LogP contribution in [0.5, 0.6) is 0 Å². The number of nitrogens with one attached hydrogen (secondary N) is 1. The lowest BCUT2D eigenvalue weighted by Crippen LogP contribution is -2.54. The summed E-state index contributed by atoms with van der Waals surface area (Å²) in [5, 5.41) is 6.99. The molecule has 0 saturated carbocycles. The van der Waals surface area contributed by atoms with E-state index in [1.54, 1.807) is 6.07 Å². The summed E-state index contributed by atoms with van der Waals surface area (Å²) in [5.41, 5.74) is -0.327. The van der Waals surface area contributed by atoms with E-state index in [4.69, 9.17) is 4.52 Å². The molecule has 3 rings (SSSR count). The summed E-state index contributed by atoms with van der Waals surface area (Å²) in [6.07, 6.45) is -4.12. The first kappa shape index (κ1) is 16.8. The quantitative estimate of drug-likeness (QED) is 0.938. The van der Waals surface area contributed by atoms with Crippen LogP contribution in [-0.4, -0.2) is 23.2 Å². The van der Waals surface area contributed by atoms with Gasteiger partial charge in [0.1, 0.15) is 0 Å². The molecule has 0 spiro atoms. The highest BCUT2D eigenvalue weighted by molar-refractivity contribution is 5.85. The zero-order valence-corrected chi connectivity index (χ0v) is 12.6. The van der Waals surface area contributed by atoms with E-state index in [0.29, 0.717) is 17.3 Å². The summed E-state index contributed by atoms with van der Waals surface area (Å²) in [4.78, 5) is 4.29. The van der Waals surface area contributed by atoms with E-state index in [9.17, 15) is 13.2 Å². The Morgan fingerprint density at radius 1 is 1.32 bits per heavy atom. The molecule has 0 radical (unpaired) electrons. The lowest BCUT2D eigenvalue weighted by atomic mass is 9.84. The van der Waals surface area contributed by atoms with E-state index < -0.39 is 11.7 Å². The molecule has 120 valence electrons. The third kappa shape index (κ3) is 3.25. The molecule has 2 aromatic rings. The van der Waals surface area contributed by atoms with Gasteiger partial charge in [0, 0.05) is 19.5 Å². The van der Waals surface area contributed by atoms with Gasteiger partial charge in [-0.1, -0.05) is 23.4 Å². The molecule has 0 aliphatic carbocycles. The van der Waals surface area contributed by atoms with Crippen LogP contribution in [0.3, 0.4) is 0 Å².